The lowest BCUT2D eigenvalue weighted by Crippen LogP contribution is -2.14. The topological polar surface area (TPSA) is 98.6 Å². The molecule has 0 saturated heterocycles. The Hall–Kier alpha value is -2.34. The second kappa shape index (κ2) is 7.70. The molecule has 2 aromatic rings. The molecule has 0 atom stereocenters. The van der Waals surface area contributed by atoms with Gasteiger partial charge in [-0.1, -0.05) is 0 Å². The number of nitrogens with two attached hydrogens (primary N) is 1. The van der Waals surface area contributed by atoms with Gasteiger partial charge in [-0.2, -0.15) is 12.6 Å². The summed E-state index contributed by atoms with van der Waals surface area (Å²) in [6, 6.07) is 3.72. The first-order valence-electron chi connectivity index (χ1n) is 8.51. The van der Waals surface area contributed by atoms with Gasteiger partial charge in [-0.05, 0) is 48.9 Å². The largest absolute Gasteiger partial charge is 0.398 e. The number of thiol groups is 1. The van der Waals surface area contributed by atoms with E-state index < -0.39 is 0 Å². The van der Waals surface area contributed by atoms with E-state index in [2.05, 4.69) is 17.9 Å². The van der Waals surface area contributed by atoms with Gasteiger partial charge < -0.3 is 21.9 Å². The third-order valence-corrected chi connectivity index (χ3v) is 4.86. The maximum absolute atomic E-state index is 7.82. The summed E-state index contributed by atoms with van der Waals surface area (Å²) in [7, 11) is 0. The molecule has 1 heterocycles. The molecule has 1 aromatic heterocycles. The van der Waals surface area contributed by atoms with Crippen LogP contribution in [0.1, 0.15) is 35.2 Å². The molecule has 0 bridgehead atoms. The summed E-state index contributed by atoms with van der Waals surface area (Å²) < 4.78 is 0. The lowest BCUT2D eigenvalue weighted by Gasteiger charge is -2.23. The van der Waals surface area contributed by atoms with E-state index in [1.54, 1.807) is 0 Å². The molecule has 0 radical (unpaired) electrons. The van der Waals surface area contributed by atoms with Crippen LogP contribution in [0.3, 0.4) is 0 Å². The molecule has 0 amide bonds. The lowest BCUT2D eigenvalue weighted by molar-refractivity contribution is 0.686. The normalized spacial score (nSPS) is 14.2. The molecule has 0 aliphatic heterocycles. The summed E-state index contributed by atoms with van der Waals surface area (Å²) in [5.74, 6) is 0.729. The molecule has 0 unspecified atom stereocenters. The van der Waals surface area contributed by atoms with Crippen molar-refractivity contribution in [3.05, 3.63) is 40.7 Å². The summed E-state index contributed by atoms with van der Waals surface area (Å²) in [6.07, 6.45) is 8.67. The van der Waals surface area contributed by atoms with Gasteiger partial charge in [0, 0.05) is 53.1 Å². The molecular weight excluding hydrogens is 330 g/mol. The van der Waals surface area contributed by atoms with Crippen LogP contribution in [0.15, 0.2) is 18.3 Å². The van der Waals surface area contributed by atoms with Crippen LogP contribution in [0, 0.1) is 10.8 Å². The summed E-state index contributed by atoms with van der Waals surface area (Å²) in [5, 5.41) is 19.8. The van der Waals surface area contributed by atoms with Crippen molar-refractivity contribution in [2.24, 2.45) is 0 Å². The Balaban J connectivity index is 2.27. The predicted octanol–water partition coefficient (Wildman–Crippen LogP) is 3.20. The summed E-state index contributed by atoms with van der Waals surface area (Å²) >= 11 is 4.20. The minimum absolute atomic E-state index is 0.614. The molecule has 130 valence electrons. The SMILES string of the molecule is N=C/C(=C\NCCS)c1nc2ccc(N)c(C=N)c2c2c1CCCC2. The number of benzene rings is 1. The average molecular weight is 353 g/mol. The quantitative estimate of drug-likeness (QED) is 0.239. The Kier molecular flexibility index (Phi) is 5.38. The molecule has 0 saturated carbocycles. The van der Waals surface area contributed by atoms with Crippen LogP contribution in [-0.2, 0) is 12.8 Å². The summed E-state index contributed by atoms with van der Waals surface area (Å²) in [6.45, 7) is 0.741. The molecule has 5 N–H and O–H groups in total. The predicted molar refractivity (Wildman–Crippen MR) is 109 cm³/mol. The fraction of sp³-hybridized carbons (Fsp3) is 0.316. The fourth-order valence-corrected chi connectivity index (χ4v) is 3.61. The van der Waals surface area contributed by atoms with E-state index in [4.69, 9.17) is 21.5 Å². The molecule has 1 aliphatic rings. The molecule has 3 rings (SSSR count). The van der Waals surface area contributed by atoms with Crippen molar-refractivity contribution in [3.63, 3.8) is 0 Å². The third-order valence-electron chi connectivity index (χ3n) is 4.63. The van der Waals surface area contributed by atoms with Crippen molar-refractivity contribution in [2.45, 2.75) is 25.7 Å². The molecule has 1 aromatic carbocycles. The third kappa shape index (κ3) is 3.26. The number of pyridine rings is 1. The zero-order valence-electron chi connectivity index (χ0n) is 14.1. The van der Waals surface area contributed by atoms with Crippen molar-refractivity contribution in [2.75, 3.05) is 18.0 Å². The number of rotatable bonds is 6. The van der Waals surface area contributed by atoms with Gasteiger partial charge in [0.1, 0.15) is 0 Å². The van der Waals surface area contributed by atoms with E-state index in [-0.39, 0.29) is 0 Å². The average Bonchev–Trinajstić information content (AvgIpc) is 2.65. The van der Waals surface area contributed by atoms with Crippen molar-refractivity contribution >= 4 is 47.2 Å². The van der Waals surface area contributed by atoms with Gasteiger partial charge >= 0.3 is 0 Å². The zero-order chi connectivity index (χ0) is 17.8. The summed E-state index contributed by atoms with van der Waals surface area (Å²) in [4.78, 5) is 4.85. The van der Waals surface area contributed by atoms with E-state index in [1.165, 1.54) is 23.6 Å². The van der Waals surface area contributed by atoms with E-state index in [0.717, 1.165) is 65.7 Å². The number of anilines is 1. The lowest BCUT2D eigenvalue weighted by atomic mass is 9.85. The smallest absolute Gasteiger partial charge is 0.0774 e. The Labute approximate surface area is 153 Å². The second-order valence-corrected chi connectivity index (χ2v) is 6.60. The number of nitrogen functional groups attached to an aromatic ring is 1. The first-order valence-corrected chi connectivity index (χ1v) is 9.14. The van der Waals surface area contributed by atoms with Gasteiger partial charge in [0.2, 0.25) is 0 Å². The Morgan fingerprint density at radius 2 is 2.00 bits per heavy atom. The highest BCUT2D eigenvalue weighted by Crippen LogP contribution is 2.35. The van der Waals surface area contributed by atoms with Gasteiger partial charge in [-0.3, -0.25) is 0 Å². The number of hydrogen-bond acceptors (Lipinski definition) is 6. The van der Waals surface area contributed by atoms with Gasteiger partial charge in [0.15, 0.2) is 0 Å². The van der Waals surface area contributed by atoms with Gasteiger partial charge in [0.25, 0.3) is 0 Å². The highest BCUT2D eigenvalue weighted by molar-refractivity contribution is 7.80. The number of allylic oxidation sites excluding steroid dienone is 1. The fourth-order valence-electron chi connectivity index (χ4n) is 3.48. The van der Waals surface area contributed by atoms with E-state index in [0.29, 0.717) is 5.69 Å². The van der Waals surface area contributed by atoms with Gasteiger partial charge in [0.05, 0.1) is 11.2 Å². The number of aromatic nitrogens is 1. The second-order valence-electron chi connectivity index (χ2n) is 6.15. The Morgan fingerprint density at radius 1 is 1.24 bits per heavy atom. The standard InChI is InChI=1S/C19H23N5S/c20-9-12(11-23-7-8-25)19-14-4-2-1-3-13(14)18-15(10-21)16(22)5-6-17(18)24-19/h5-6,9-11,20-21,23,25H,1-4,7-8,22H2/b12-11+,20-9?,21-10?. The van der Waals surface area contributed by atoms with Crippen molar-refractivity contribution in [3.8, 4) is 0 Å². The number of fused-ring (bicyclic) bond motifs is 3. The molecule has 25 heavy (non-hydrogen) atoms. The molecule has 5 nitrogen and oxygen atoms in total. The molecule has 0 fully saturated rings. The Morgan fingerprint density at radius 3 is 2.68 bits per heavy atom. The molecular formula is C19H23N5S. The maximum Gasteiger partial charge on any atom is 0.0774 e. The van der Waals surface area contributed by atoms with Crippen LogP contribution in [0.2, 0.25) is 0 Å². The van der Waals surface area contributed by atoms with E-state index in [9.17, 15) is 0 Å². The van der Waals surface area contributed by atoms with Crippen LogP contribution in [0.4, 0.5) is 5.69 Å². The van der Waals surface area contributed by atoms with Gasteiger partial charge in [-0.15, -0.1) is 0 Å². The number of hydrogen-bond donors (Lipinski definition) is 5. The van der Waals surface area contributed by atoms with Crippen LogP contribution >= 0.6 is 12.6 Å². The van der Waals surface area contributed by atoms with Crippen LogP contribution in [-0.4, -0.2) is 29.7 Å². The van der Waals surface area contributed by atoms with E-state index >= 15 is 0 Å². The highest BCUT2D eigenvalue weighted by Gasteiger charge is 2.21. The first-order chi connectivity index (χ1) is 12.2. The zero-order valence-corrected chi connectivity index (χ0v) is 15.0. The monoisotopic (exact) mass is 353 g/mol. The number of nitrogens with zero attached hydrogens (tertiary/aromatic N) is 1. The highest BCUT2D eigenvalue weighted by atomic mass is 32.1. The van der Waals surface area contributed by atoms with Crippen LogP contribution in [0.5, 0.6) is 0 Å². The number of nitrogens with one attached hydrogen (secondary N) is 3. The minimum Gasteiger partial charge on any atom is -0.398 e. The van der Waals surface area contributed by atoms with Crippen molar-refractivity contribution in [1.82, 2.24) is 10.3 Å². The first kappa shape index (κ1) is 17.5. The maximum atomic E-state index is 7.82. The van der Waals surface area contributed by atoms with Crippen molar-refractivity contribution in [1.29, 1.82) is 10.8 Å². The minimum atomic E-state index is 0.614. The number of aryl methyl sites for hydroxylation is 1. The molecule has 6 heteroatoms. The van der Waals surface area contributed by atoms with Gasteiger partial charge in [-0.25, -0.2) is 4.98 Å². The molecule has 1 aliphatic carbocycles. The Bertz CT molecular complexity index is 857. The van der Waals surface area contributed by atoms with E-state index in [1.807, 2.05) is 18.3 Å². The van der Waals surface area contributed by atoms with Crippen molar-refractivity contribution < 1.29 is 0 Å². The van der Waals surface area contributed by atoms with Crippen LogP contribution < -0.4 is 11.1 Å². The van der Waals surface area contributed by atoms with Crippen LogP contribution in [0.25, 0.3) is 16.5 Å². The summed E-state index contributed by atoms with van der Waals surface area (Å²) in [5.41, 5.74) is 12.4. The molecule has 0 spiro atoms.